The van der Waals surface area contributed by atoms with Crippen LogP contribution in [0.2, 0.25) is 0 Å². The number of nitrogens with zero attached hydrogens (tertiary/aromatic N) is 3. The number of aromatic nitrogens is 3. The molecule has 5 nitrogen and oxygen atoms in total. The summed E-state index contributed by atoms with van der Waals surface area (Å²) in [6, 6.07) is 56.6. The zero-order valence-corrected chi connectivity index (χ0v) is 28.7. The summed E-state index contributed by atoms with van der Waals surface area (Å²) in [7, 11) is 0. The summed E-state index contributed by atoms with van der Waals surface area (Å²) in [5.41, 5.74) is 6.04. The first kappa shape index (κ1) is 29.2. The molecule has 3 aromatic heterocycles. The van der Waals surface area contributed by atoms with Crippen molar-refractivity contribution >= 4 is 87.0 Å². The summed E-state index contributed by atoms with van der Waals surface area (Å²) in [5, 5.41) is 13.1. The van der Waals surface area contributed by atoms with Crippen molar-refractivity contribution in [3.63, 3.8) is 0 Å². The first-order valence-corrected chi connectivity index (χ1v) is 18.1. The fourth-order valence-corrected chi connectivity index (χ4v) is 8.56. The molecule has 3 heterocycles. The van der Waals surface area contributed by atoms with E-state index in [1.165, 1.54) is 0 Å². The standard InChI is InChI=1S/C49H27N3O2/c1-2-10-30(11-3-1)47-50-48(37-24-26-41-45-33(18-8-20-35(37)45)31-16-4-12-28-14-6-22-39(53-41)43(28)31)52-49(51-47)38-25-27-42-46-34(19-9-21-36(38)46)32-17-5-13-29-15-7-23-40(54-42)44(29)32/h1-27H. The number of rotatable bonds is 3. The number of benzene rings is 9. The van der Waals surface area contributed by atoms with E-state index in [1.807, 2.05) is 42.5 Å². The highest BCUT2D eigenvalue weighted by molar-refractivity contribution is 6.26. The van der Waals surface area contributed by atoms with Gasteiger partial charge in [0.25, 0.3) is 0 Å². The average molecular weight is 690 g/mol. The van der Waals surface area contributed by atoms with Crippen LogP contribution in [0.5, 0.6) is 0 Å². The predicted molar refractivity (Wildman–Crippen MR) is 221 cm³/mol. The van der Waals surface area contributed by atoms with Crippen LogP contribution in [0.1, 0.15) is 0 Å². The Morgan fingerprint density at radius 1 is 0.278 bits per heavy atom. The van der Waals surface area contributed by atoms with E-state index in [1.54, 1.807) is 0 Å². The SMILES string of the molecule is c1ccc(-c2nc(-c3ccc4oc5cccc6cccc(c7cccc3c47)c65)nc(-c3ccc4oc5cccc6cccc(c7cccc3c47)c65)n2)cc1. The van der Waals surface area contributed by atoms with Crippen molar-refractivity contribution in [2.24, 2.45) is 0 Å². The summed E-state index contributed by atoms with van der Waals surface area (Å²) in [4.78, 5) is 15.7. The minimum absolute atomic E-state index is 0.591. The molecule has 0 aliphatic rings. The van der Waals surface area contributed by atoms with Crippen LogP contribution in [0.25, 0.3) is 121 Å². The van der Waals surface area contributed by atoms with Gasteiger partial charge in [0.15, 0.2) is 17.5 Å². The van der Waals surface area contributed by atoms with E-state index in [0.29, 0.717) is 17.5 Å². The van der Waals surface area contributed by atoms with E-state index in [4.69, 9.17) is 23.8 Å². The third kappa shape index (κ3) is 4.18. The first-order valence-electron chi connectivity index (χ1n) is 18.1. The second-order valence-corrected chi connectivity index (χ2v) is 13.9. The summed E-state index contributed by atoms with van der Waals surface area (Å²) >= 11 is 0. The lowest BCUT2D eigenvalue weighted by atomic mass is 9.96. The second-order valence-electron chi connectivity index (χ2n) is 13.9. The van der Waals surface area contributed by atoms with Gasteiger partial charge in [-0.2, -0.15) is 0 Å². The minimum atomic E-state index is 0.591. The van der Waals surface area contributed by atoms with Crippen molar-refractivity contribution in [3.05, 3.63) is 164 Å². The van der Waals surface area contributed by atoms with Gasteiger partial charge < -0.3 is 8.83 Å². The fourth-order valence-electron chi connectivity index (χ4n) is 8.56. The summed E-state index contributed by atoms with van der Waals surface area (Å²) < 4.78 is 13.4. The molecule has 0 N–H and O–H groups in total. The number of hydrogen-bond donors (Lipinski definition) is 0. The van der Waals surface area contributed by atoms with Crippen LogP contribution in [0, 0.1) is 0 Å². The van der Waals surface area contributed by atoms with Gasteiger partial charge in [-0.05, 0) is 79.5 Å². The second kappa shape index (κ2) is 11.1. The highest BCUT2D eigenvalue weighted by Gasteiger charge is 2.20. The molecule has 0 fully saturated rings. The molecule has 12 aromatic rings. The Morgan fingerprint density at radius 3 is 1.17 bits per heavy atom. The third-order valence-electron chi connectivity index (χ3n) is 10.9. The molecule has 54 heavy (non-hydrogen) atoms. The number of fused-ring (bicyclic) bond motifs is 2. The van der Waals surface area contributed by atoms with Crippen LogP contribution in [0.4, 0.5) is 0 Å². The predicted octanol–water partition coefficient (Wildman–Crippen LogP) is 13.3. The highest BCUT2D eigenvalue weighted by atomic mass is 16.3. The molecular formula is C49H27N3O2. The van der Waals surface area contributed by atoms with Gasteiger partial charge in [0.05, 0.1) is 0 Å². The molecule has 0 spiro atoms. The van der Waals surface area contributed by atoms with Gasteiger partial charge in [-0.25, -0.2) is 15.0 Å². The summed E-state index contributed by atoms with van der Waals surface area (Å²) in [6.45, 7) is 0. The van der Waals surface area contributed by atoms with Crippen molar-refractivity contribution < 1.29 is 8.83 Å². The molecule has 12 rings (SSSR count). The molecule has 0 bridgehead atoms. The molecule has 0 radical (unpaired) electrons. The fraction of sp³-hybridized carbons (Fsp3) is 0. The summed E-state index contributed by atoms with van der Waals surface area (Å²) in [6.07, 6.45) is 0. The van der Waals surface area contributed by atoms with Gasteiger partial charge in [0.1, 0.15) is 22.3 Å². The minimum Gasteiger partial charge on any atom is -0.456 e. The van der Waals surface area contributed by atoms with Crippen molar-refractivity contribution in [2.75, 3.05) is 0 Å². The first-order chi connectivity index (χ1) is 26.8. The molecule has 0 atom stereocenters. The van der Waals surface area contributed by atoms with E-state index < -0.39 is 0 Å². The molecule has 0 saturated heterocycles. The van der Waals surface area contributed by atoms with Crippen molar-refractivity contribution in [1.82, 2.24) is 15.0 Å². The molecule has 5 heteroatoms. The lowest BCUT2D eigenvalue weighted by molar-refractivity contribution is 0.664. The Hall–Kier alpha value is -7.37. The quantitative estimate of drug-likeness (QED) is 0.185. The largest absolute Gasteiger partial charge is 0.456 e. The van der Waals surface area contributed by atoms with Gasteiger partial charge in [0, 0.05) is 38.2 Å². The van der Waals surface area contributed by atoms with Crippen molar-refractivity contribution in [2.45, 2.75) is 0 Å². The van der Waals surface area contributed by atoms with Gasteiger partial charge in [-0.3, -0.25) is 0 Å². The zero-order chi connectivity index (χ0) is 35.3. The van der Waals surface area contributed by atoms with E-state index >= 15 is 0 Å². The van der Waals surface area contributed by atoms with E-state index in [0.717, 1.165) is 104 Å². The van der Waals surface area contributed by atoms with E-state index in [2.05, 4.69) is 121 Å². The van der Waals surface area contributed by atoms with E-state index in [-0.39, 0.29) is 0 Å². The Bertz CT molecular complexity index is 3290. The Balaban J connectivity index is 1.17. The maximum Gasteiger partial charge on any atom is 0.164 e. The van der Waals surface area contributed by atoms with Gasteiger partial charge in [-0.1, -0.05) is 127 Å². The lowest BCUT2D eigenvalue weighted by Gasteiger charge is -2.13. The maximum atomic E-state index is 6.70. The highest BCUT2D eigenvalue weighted by Crippen LogP contribution is 2.42. The summed E-state index contributed by atoms with van der Waals surface area (Å²) in [5.74, 6) is 1.79. The maximum absolute atomic E-state index is 6.70. The molecule has 250 valence electrons. The van der Waals surface area contributed by atoms with Crippen molar-refractivity contribution in [3.8, 4) is 34.2 Å². The van der Waals surface area contributed by atoms with E-state index in [9.17, 15) is 0 Å². The molecular weight excluding hydrogens is 663 g/mol. The zero-order valence-electron chi connectivity index (χ0n) is 28.7. The number of hydrogen-bond acceptors (Lipinski definition) is 5. The van der Waals surface area contributed by atoms with Crippen LogP contribution in [0.3, 0.4) is 0 Å². The van der Waals surface area contributed by atoms with Gasteiger partial charge in [0.2, 0.25) is 0 Å². The van der Waals surface area contributed by atoms with Crippen LogP contribution < -0.4 is 0 Å². The molecule has 0 aliphatic carbocycles. The monoisotopic (exact) mass is 689 g/mol. The van der Waals surface area contributed by atoms with Gasteiger partial charge in [-0.15, -0.1) is 0 Å². The molecule has 0 amide bonds. The Morgan fingerprint density at radius 2 is 0.667 bits per heavy atom. The normalized spacial score (nSPS) is 12.1. The smallest absolute Gasteiger partial charge is 0.164 e. The van der Waals surface area contributed by atoms with Crippen LogP contribution in [-0.2, 0) is 0 Å². The van der Waals surface area contributed by atoms with Crippen molar-refractivity contribution in [1.29, 1.82) is 0 Å². The molecule has 9 aromatic carbocycles. The topological polar surface area (TPSA) is 65.0 Å². The Kier molecular flexibility index (Phi) is 5.99. The molecule has 0 saturated carbocycles. The third-order valence-corrected chi connectivity index (χ3v) is 10.9. The molecule has 0 unspecified atom stereocenters. The van der Waals surface area contributed by atoms with Crippen LogP contribution in [-0.4, -0.2) is 15.0 Å². The van der Waals surface area contributed by atoms with Crippen LogP contribution in [0.15, 0.2) is 173 Å². The lowest BCUT2D eigenvalue weighted by Crippen LogP contribution is -2.01. The van der Waals surface area contributed by atoms with Crippen LogP contribution >= 0.6 is 0 Å². The molecule has 0 aliphatic heterocycles. The Labute approximate surface area is 307 Å². The van der Waals surface area contributed by atoms with Gasteiger partial charge >= 0.3 is 0 Å². The average Bonchev–Trinajstić information content (AvgIpc) is 3.46.